The molecular weight excluding hydrogens is 336 g/mol. The molecule has 6 nitrogen and oxygen atoms in total. The number of rotatable bonds is 4. The van der Waals surface area contributed by atoms with E-state index in [4.69, 9.17) is 4.74 Å². The van der Waals surface area contributed by atoms with Crippen LogP contribution in [0.4, 0.5) is 5.95 Å². The highest BCUT2D eigenvalue weighted by Crippen LogP contribution is 2.42. The highest BCUT2D eigenvalue weighted by molar-refractivity contribution is 7.99. The summed E-state index contributed by atoms with van der Waals surface area (Å²) < 4.78 is 7.39. The lowest BCUT2D eigenvalue weighted by Gasteiger charge is -2.32. The van der Waals surface area contributed by atoms with Crippen LogP contribution in [0, 0.1) is 0 Å². The number of benzene rings is 1. The van der Waals surface area contributed by atoms with Crippen LogP contribution in [0.5, 0.6) is 5.75 Å². The van der Waals surface area contributed by atoms with Gasteiger partial charge in [-0.3, -0.25) is 4.79 Å². The number of ether oxygens (including phenoxy) is 1. The van der Waals surface area contributed by atoms with Crippen molar-refractivity contribution in [3.8, 4) is 5.75 Å². The molecule has 0 radical (unpaired) electrons. The fraction of sp³-hybridized carbons (Fsp3) is 0.389. The number of nitrogens with one attached hydrogen (secondary N) is 1. The Morgan fingerprint density at radius 2 is 2.20 bits per heavy atom. The van der Waals surface area contributed by atoms with Gasteiger partial charge in [-0.1, -0.05) is 36.9 Å². The predicted molar refractivity (Wildman–Crippen MR) is 97.1 cm³/mol. The van der Waals surface area contributed by atoms with Gasteiger partial charge in [0.1, 0.15) is 11.8 Å². The molecule has 2 heterocycles. The molecule has 1 unspecified atom stereocenters. The van der Waals surface area contributed by atoms with E-state index in [0.29, 0.717) is 12.4 Å². The van der Waals surface area contributed by atoms with E-state index in [2.05, 4.69) is 22.3 Å². The summed E-state index contributed by atoms with van der Waals surface area (Å²) in [6.07, 6.45) is 2.30. The number of aromatic nitrogens is 3. The van der Waals surface area contributed by atoms with Crippen molar-refractivity contribution in [1.29, 1.82) is 0 Å². The molecule has 0 saturated heterocycles. The lowest BCUT2D eigenvalue weighted by molar-refractivity contribution is -0.116. The minimum atomic E-state index is -0.297. The Kier molecular flexibility index (Phi) is 4.25. The summed E-state index contributed by atoms with van der Waals surface area (Å²) in [5, 5.41) is 8.72. The number of Topliss-reactive ketones (excluding diaryl/α,β-unsaturated/α-hetero) is 1. The standard InChI is InChI=1S/C18H20N4O2S/c1-3-25-18-20-17-19-12-8-6-9-13(23)15(12)16(22(17)21-18)11-7-4-5-10-14(11)24-2/h4-5,7,10,16H,3,6,8-9H2,1-2H3,(H,19,20,21). The van der Waals surface area contributed by atoms with Crippen molar-refractivity contribution in [1.82, 2.24) is 14.8 Å². The fourth-order valence-corrected chi connectivity index (χ4v) is 4.06. The number of carbonyl (C=O) groups is 1. The first-order valence-electron chi connectivity index (χ1n) is 8.48. The van der Waals surface area contributed by atoms with Crippen molar-refractivity contribution >= 4 is 23.5 Å². The van der Waals surface area contributed by atoms with Crippen molar-refractivity contribution < 1.29 is 9.53 Å². The van der Waals surface area contributed by atoms with Gasteiger partial charge < -0.3 is 10.1 Å². The SMILES string of the molecule is CCSc1nc2n(n1)C(c1ccccc1OC)C1=C(CCCC1=O)N2. The van der Waals surface area contributed by atoms with Crippen molar-refractivity contribution in [2.24, 2.45) is 0 Å². The van der Waals surface area contributed by atoms with Crippen LogP contribution in [0.3, 0.4) is 0 Å². The first kappa shape index (κ1) is 16.2. The molecule has 1 aromatic carbocycles. The zero-order chi connectivity index (χ0) is 17.4. The van der Waals surface area contributed by atoms with Crippen LogP contribution in [0.25, 0.3) is 0 Å². The number of hydrogen-bond donors (Lipinski definition) is 1. The monoisotopic (exact) mass is 356 g/mol. The first-order chi connectivity index (χ1) is 12.2. The molecule has 1 aromatic heterocycles. The Morgan fingerprint density at radius 3 is 3.00 bits per heavy atom. The number of ketones is 1. The predicted octanol–water partition coefficient (Wildman–Crippen LogP) is 3.42. The largest absolute Gasteiger partial charge is 0.496 e. The molecule has 1 aliphatic heterocycles. The highest BCUT2D eigenvalue weighted by atomic mass is 32.2. The van der Waals surface area contributed by atoms with Gasteiger partial charge in [0.25, 0.3) is 0 Å². The molecule has 130 valence electrons. The van der Waals surface area contributed by atoms with Crippen LogP contribution in [-0.2, 0) is 4.79 Å². The molecule has 0 fully saturated rings. The zero-order valence-electron chi connectivity index (χ0n) is 14.3. The molecule has 2 aliphatic rings. The van der Waals surface area contributed by atoms with E-state index in [9.17, 15) is 4.79 Å². The summed E-state index contributed by atoms with van der Waals surface area (Å²) in [5.41, 5.74) is 2.70. The van der Waals surface area contributed by atoms with Gasteiger partial charge in [-0.2, -0.15) is 4.98 Å². The summed E-state index contributed by atoms with van der Waals surface area (Å²) in [6, 6.07) is 7.52. The molecule has 0 bridgehead atoms. The second-order valence-electron chi connectivity index (χ2n) is 6.03. The van der Waals surface area contributed by atoms with Crippen molar-refractivity contribution in [2.75, 3.05) is 18.2 Å². The van der Waals surface area contributed by atoms with Gasteiger partial charge in [0.05, 0.1) is 7.11 Å². The molecule has 0 spiro atoms. The lowest BCUT2D eigenvalue weighted by atomic mass is 9.85. The summed E-state index contributed by atoms with van der Waals surface area (Å²) in [7, 11) is 1.65. The number of fused-ring (bicyclic) bond motifs is 1. The lowest BCUT2D eigenvalue weighted by Crippen LogP contribution is -2.31. The number of para-hydroxylation sites is 1. The summed E-state index contributed by atoms with van der Waals surface area (Å²) in [5.74, 6) is 2.52. The molecule has 7 heteroatoms. The normalized spacial score (nSPS) is 19.3. The Bertz CT molecular complexity index is 859. The molecular formula is C18H20N4O2S. The van der Waals surface area contributed by atoms with Crippen LogP contribution in [0.1, 0.15) is 37.8 Å². The maximum absolute atomic E-state index is 12.7. The maximum Gasteiger partial charge on any atom is 0.227 e. The minimum absolute atomic E-state index is 0.176. The van der Waals surface area contributed by atoms with E-state index in [1.165, 1.54) is 0 Å². The fourth-order valence-electron chi connectivity index (χ4n) is 3.51. The first-order valence-corrected chi connectivity index (χ1v) is 9.47. The number of thioether (sulfide) groups is 1. The summed E-state index contributed by atoms with van der Waals surface area (Å²) >= 11 is 1.59. The number of nitrogens with zero attached hydrogens (tertiary/aromatic N) is 3. The number of anilines is 1. The van der Waals surface area contributed by atoms with Crippen LogP contribution in [-0.4, -0.2) is 33.4 Å². The molecule has 0 saturated carbocycles. The Morgan fingerprint density at radius 1 is 1.36 bits per heavy atom. The average Bonchev–Trinajstić information content (AvgIpc) is 3.02. The quantitative estimate of drug-likeness (QED) is 0.847. The van der Waals surface area contributed by atoms with Crippen molar-refractivity contribution in [3.05, 3.63) is 41.1 Å². The van der Waals surface area contributed by atoms with Crippen molar-refractivity contribution in [2.45, 2.75) is 37.4 Å². The molecule has 4 rings (SSSR count). The van der Waals surface area contributed by atoms with Gasteiger partial charge in [0.15, 0.2) is 5.78 Å². The molecule has 1 aliphatic carbocycles. The smallest absolute Gasteiger partial charge is 0.227 e. The van der Waals surface area contributed by atoms with Gasteiger partial charge in [0.2, 0.25) is 11.1 Å². The number of carbonyl (C=O) groups excluding carboxylic acids is 1. The van der Waals surface area contributed by atoms with Gasteiger partial charge in [0, 0.05) is 23.3 Å². The zero-order valence-corrected chi connectivity index (χ0v) is 15.1. The van der Waals surface area contributed by atoms with Gasteiger partial charge in [-0.25, -0.2) is 4.68 Å². The minimum Gasteiger partial charge on any atom is -0.496 e. The third-order valence-corrected chi connectivity index (χ3v) is 5.28. The molecule has 2 aromatic rings. The highest BCUT2D eigenvalue weighted by Gasteiger charge is 2.37. The van der Waals surface area contributed by atoms with E-state index >= 15 is 0 Å². The van der Waals surface area contributed by atoms with Crippen LogP contribution >= 0.6 is 11.8 Å². The van der Waals surface area contributed by atoms with Crippen LogP contribution < -0.4 is 10.1 Å². The molecule has 1 atom stereocenters. The maximum atomic E-state index is 12.7. The van der Waals surface area contributed by atoms with E-state index < -0.39 is 0 Å². The van der Waals surface area contributed by atoms with E-state index in [1.54, 1.807) is 18.9 Å². The summed E-state index contributed by atoms with van der Waals surface area (Å²) in [4.78, 5) is 17.4. The Labute approximate surface area is 150 Å². The topological polar surface area (TPSA) is 69.0 Å². The van der Waals surface area contributed by atoms with Gasteiger partial charge >= 0.3 is 0 Å². The average molecular weight is 356 g/mol. The molecule has 0 amide bonds. The van der Waals surface area contributed by atoms with Crippen molar-refractivity contribution in [3.63, 3.8) is 0 Å². The molecule has 25 heavy (non-hydrogen) atoms. The number of hydrogen-bond acceptors (Lipinski definition) is 6. The molecule has 1 N–H and O–H groups in total. The van der Waals surface area contributed by atoms with E-state index in [-0.39, 0.29) is 11.8 Å². The van der Waals surface area contributed by atoms with Gasteiger partial charge in [-0.05, 0) is 24.7 Å². The van der Waals surface area contributed by atoms with Crippen LogP contribution in [0.15, 0.2) is 40.7 Å². The van der Waals surface area contributed by atoms with Crippen LogP contribution in [0.2, 0.25) is 0 Å². The second kappa shape index (κ2) is 6.55. The Hall–Kier alpha value is -2.28. The Balaban J connectivity index is 1.91. The number of allylic oxidation sites excluding steroid dienone is 2. The second-order valence-corrected chi connectivity index (χ2v) is 7.27. The third kappa shape index (κ3) is 2.72. The van der Waals surface area contributed by atoms with Gasteiger partial charge in [-0.15, -0.1) is 5.10 Å². The van der Waals surface area contributed by atoms with E-state index in [0.717, 1.165) is 46.3 Å². The third-order valence-electron chi connectivity index (χ3n) is 4.56. The number of methoxy groups -OCH3 is 1. The van der Waals surface area contributed by atoms with E-state index in [1.807, 2.05) is 28.9 Å². The summed E-state index contributed by atoms with van der Waals surface area (Å²) in [6.45, 7) is 2.07.